The lowest BCUT2D eigenvalue weighted by Gasteiger charge is -2.30. The number of benzene rings is 1. The first-order chi connectivity index (χ1) is 11.0. The summed E-state index contributed by atoms with van der Waals surface area (Å²) in [5, 5.41) is -12.9. The Balaban J connectivity index is 3.39. The van der Waals surface area contributed by atoms with Crippen molar-refractivity contribution < 1.29 is 47.4 Å². The SMILES string of the molecule is CCS(=O)(=O)C(F)(F)C(F)(F)C(F)(F)S(=O)(=O)Oc1ccc(C)cc1. The molecule has 0 unspecified atom stereocenters. The zero-order chi connectivity index (χ0) is 19.9. The van der Waals surface area contributed by atoms with Gasteiger partial charge in [-0.05, 0) is 19.1 Å². The van der Waals surface area contributed by atoms with E-state index in [-0.39, 0.29) is 0 Å². The Kier molecular flexibility index (Phi) is 5.46. The lowest BCUT2D eigenvalue weighted by molar-refractivity contribution is -0.245. The third-order valence-electron chi connectivity index (χ3n) is 3.04. The molecule has 0 aliphatic heterocycles. The number of alkyl halides is 6. The van der Waals surface area contributed by atoms with Crippen molar-refractivity contribution in [3.05, 3.63) is 29.8 Å². The minimum atomic E-state index is -6.78. The van der Waals surface area contributed by atoms with Gasteiger partial charge in [-0.3, -0.25) is 0 Å². The molecule has 0 saturated heterocycles. The summed E-state index contributed by atoms with van der Waals surface area (Å²) in [6, 6.07) is 4.00. The summed E-state index contributed by atoms with van der Waals surface area (Å²) in [6.07, 6.45) is 0. The van der Waals surface area contributed by atoms with E-state index in [1.807, 2.05) is 0 Å². The van der Waals surface area contributed by atoms with Crippen molar-refractivity contribution in [2.24, 2.45) is 0 Å². The van der Waals surface area contributed by atoms with Gasteiger partial charge in [-0.1, -0.05) is 24.6 Å². The van der Waals surface area contributed by atoms with E-state index in [0.717, 1.165) is 12.1 Å². The number of sulfone groups is 1. The van der Waals surface area contributed by atoms with E-state index in [1.165, 1.54) is 19.1 Å². The highest BCUT2D eigenvalue weighted by Crippen LogP contribution is 2.51. The summed E-state index contributed by atoms with van der Waals surface area (Å²) in [5.74, 6) is -9.24. The van der Waals surface area contributed by atoms with Crippen LogP contribution in [0.5, 0.6) is 5.75 Å². The van der Waals surface area contributed by atoms with Crippen LogP contribution in [-0.2, 0) is 20.0 Å². The van der Waals surface area contributed by atoms with Gasteiger partial charge in [0.1, 0.15) is 5.75 Å². The van der Waals surface area contributed by atoms with Gasteiger partial charge in [-0.15, -0.1) is 0 Å². The van der Waals surface area contributed by atoms with Crippen molar-refractivity contribution in [2.75, 3.05) is 5.75 Å². The molecule has 1 aromatic carbocycles. The molecule has 0 radical (unpaired) electrons. The second kappa shape index (κ2) is 6.34. The summed E-state index contributed by atoms with van der Waals surface area (Å²) >= 11 is 0. The molecule has 0 heterocycles. The van der Waals surface area contributed by atoms with Crippen molar-refractivity contribution in [1.82, 2.24) is 0 Å². The first-order valence-electron chi connectivity index (χ1n) is 6.40. The first kappa shape index (κ1) is 21.5. The Bertz CT molecular complexity index is 831. The van der Waals surface area contributed by atoms with Crippen LogP contribution < -0.4 is 4.18 Å². The fourth-order valence-electron chi connectivity index (χ4n) is 1.48. The minimum Gasteiger partial charge on any atom is -0.378 e. The fourth-order valence-corrected chi connectivity index (χ4v) is 3.33. The van der Waals surface area contributed by atoms with E-state index in [4.69, 9.17) is 0 Å². The normalized spacial score (nSPS) is 14.4. The predicted molar refractivity (Wildman–Crippen MR) is 75.0 cm³/mol. The molecule has 0 aliphatic carbocycles. The van der Waals surface area contributed by atoms with Crippen LogP contribution in [0.4, 0.5) is 26.3 Å². The Morgan fingerprint density at radius 1 is 0.880 bits per heavy atom. The molecule has 0 atom stereocenters. The van der Waals surface area contributed by atoms with Gasteiger partial charge in [0.05, 0.1) is 5.75 Å². The topological polar surface area (TPSA) is 77.5 Å². The van der Waals surface area contributed by atoms with Crippen LogP contribution >= 0.6 is 0 Å². The summed E-state index contributed by atoms with van der Waals surface area (Å²) in [6.45, 7) is 2.03. The van der Waals surface area contributed by atoms with Crippen molar-refractivity contribution in [1.29, 1.82) is 0 Å². The molecule has 25 heavy (non-hydrogen) atoms. The lowest BCUT2D eigenvalue weighted by atomic mass is 10.2. The molecule has 0 bridgehead atoms. The highest BCUT2D eigenvalue weighted by molar-refractivity contribution is 7.92. The van der Waals surface area contributed by atoms with Crippen LogP contribution in [0, 0.1) is 6.92 Å². The Morgan fingerprint density at radius 2 is 1.32 bits per heavy atom. The minimum absolute atomic E-state index is 0.509. The molecule has 0 aromatic heterocycles. The fraction of sp³-hybridized carbons (Fsp3) is 0.500. The zero-order valence-corrected chi connectivity index (χ0v) is 14.3. The third-order valence-corrected chi connectivity index (χ3v) is 6.14. The molecular formula is C12H12F6O5S2. The average Bonchev–Trinajstić information content (AvgIpc) is 2.48. The van der Waals surface area contributed by atoms with Crippen LogP contribution in [0.15, 0.2) is 24.3 Å². The molecule has 0 aliphatic rings. The molecule has 0 amide bonds. The smallest absolute Gasteiger partial charge is 0.378 e. The maximum absolute atomic E-state index is 13.7. The van der Waals surface area contributed by atoms with Gasteiger partial charge in [0.25, 0.3) is 0 Å². The van der Waals surface area contributed by atoms with Crippen molar-refractivity contribution in [2.45, 2.75) is 30.3 Å². The predicted octanol–water partition coefficient (Wildman–Crippen LogP) is 2.96. The molecule has 5 nitrogen and oxygen atoms in total. The Hall–Kier alpha value is -1.50. The van der Waals surface area contributed by atoms with Crippen LogP contribution in [-0.4, -0.2) is 39.0 Å². The first-order valence-corrected chi connectivity index (χ1v) is 9.46. The van der Waals surface area contributed by atoms with Gasteiger partial charge in [-0.2, -0.15) is 34.8 Å². The van der Waals surface area contributed by atoms with Gasteiger partial charge >= 0.3 is 26.5 Å². The van der Waals surface area contributed by atoms with Crippen LogP contribution in [0.2, 0.25) is 0 Å². The maximum atomic E-state index is 13.7. The lowest BCUT2D eigenvalue weighted by Crippen LogP contribution is -2.61. The van der Waals surface area contributed by atoms with Gasteiger partial charge in [0.2, 0.25) is 9.84 Å². The van der Waals surface area contributed by atoms with Crippen LogP contribution in [0.1, 0.15) is 12.5 Å². The van der Waals surface area contributed by atoms with Crippen LogP contribution in [0.3, 0.4) is 0 Å². The van der Waals surface area contributed by atoms with Crippen molar-refractivity contribution in [3.63, 3.8) is 0 Å². The quantitative estimate of drug-likeness (QED) is 0.507. The maximum Gasteiger partial charge on any atom is 0.450 e. The van der Waals surface area contributed by atoms with E-state index in [2.05, 4.69) is 4.18 Å². The summed E-state index contributed by atoms with van der Waals surface area (Å²) in [5.41, 5.74) is 0.530. The van der Waals surface area contributed by atoms with Crippen LogP contribution in [0.25, 0.3) is 0 Å². The average molecular weight is 414 g/mol. The number of rotatable bonds is 7. The van der Waals surface area contributed by atoms with E-state index < -0.39 is 47.9 Å². The monoisotopic (exact) mass is 414 g/mol. The molecular weight excluding hydrogens is 402 g/mol. The van der Waals surface area contributed by atoms with Gasteiger partial charge in [-0.25, -0.2) is 8.42 Å². The number of hydrogen-bond donors (Lipinski definition) is 0. The van der Waals surface area contributed by atoms with E-state index in [1.54, 1.807) is 0 Å². The summed E-state index contributed by atoms with van der Waals surface area (Å²) < 4.78 is 130. The number of halogens is 6. The Labute approximate surface area is 139 Å². The Morgan fingerprint density at radius 3 is 1.72 bits per heavy atom. The summed E-state index contributed by atoms with van der Waals surface area (Å²) in [7, 11) is -12.7. The standard InChI is InChI=1S/C12H12F6O5S2/c1-3-24(19,20)11(15,16)10(13,14)12(17,18)25(21,22)23-9-6-4-8(2)5-7-9/h4-7H,3H2,1-2H3. The largest absolute Gasteiger partial charge is 0.450 e. The summed E-state index contributed by atoms with van der Waals surface area (Å²) in [4.78, 5) is 0. The van der Waals surface area contributed by atoms with Gasteiger partial charge in [0, 0.05) is 0 Å². The van der Waals surface area contributed by atoms with Crippen molar-refractivity contribution in [3.8, 4) is 5.75 Å². The van der Waals surface area contributed by atoms with Crippen molar-refractivity contribution >= 4 is 20.0 Å². The molecule has 1 rings (SSSR count). The molecule has 0 spiro atoms. The molecule has 13 heteroatoms. The molecule has 1 aromatic rings. The highest BCUT2D eigenvalue weighted by Gasteiger charge is 2.82. The van der Waals surface area contributed by atoms with E-state index in [9.17, 15) is 43.2 Å². The van der Waals surface area contributed by atoms with Gasteiger partial charge < -0.3 is 4.18 Å². The zero-order valence-electron chi connectivity index (χ0n) is 12.6. The van der Waals surface area contributed by atoms with E-state index >= 15 is 0 Å². The highest BCUT2D eigenvalue weighted by atomic mass is 32.2. The molecule has 0 fully saturated rings. The third kappa shape index (κ3) is 3.43. The second-order valence-electron chi connectivity index (χ2n) is 4.86. The molecule has 0 saturated carbocycles. The van der Waals surface area contributed by atoms with E-state index in [0.29, 0.717) is 12.5 Å². The molecule has 0 N–H and O–H groups in total. The second-order valence-corrected chi connectivity index (χ2v) is 8.77. The number of hydrogen-bond acceptors (Lipinski definition) is 5. The number of aryl methyl sites for hydroxylation is 1. The molecule has 144 valence electrons. The van der Waals surface area contributed by atoms with Gasteiger partial charge in [0.15, 0.2) is 0 Å².